The molecule has 0 aliphatic heterocycles. The normalized spacial score (nSPS) is 11.2. The number of esters is 1. The van der Waals surface area contributed by atoms with Crippen LogP contribution in [-0.2, 0) is 4.79 Å². The van der Waals surface area contributed by atoms with E-state index in [0.29, 0.717) is 11.8 Å². The molecule has 0 radical (unpaired) electrons. The van der Waals surface area contributed by atoms with Crippen molar-refractivity contribution < 1.29 is 36.3 Å². The fourth-order valence-electron chi connectivity index (χ4n) is 1.54. The summed E-state index contributed by atoms with van der Waals surface area (Å²) in [6.45, 7) is 0. The van der Waals surface area contributed by atoms with Gasteiger partial charge >= 0.3 is 5.97 Å². The van der Waals surface area contributed by atoms with Crippen molar-refractivity contribution >= 4 is 12.2 Å². The number of benzene rings is 2. The molecule has 25 heavy (non-hydrogen) atoms. The molecule has 2 rings (SSSR count). The molecule has 2 aromatic rings. The number of halogens is 5. The maximum absolute atomic E-state index is 13.3. The average Bonchev–Trinajstić information content (AvgIpc) is 2.62. The molecule has 0 unspecified atom stereocenters. The van der Waals surface area contributed by atoms with Crippen molar-refractivity contribution in [3.63, 3.8) is 0 Å². The highest BCUT2D eigenvalue weighted by Gasteiger charge is 2.28. The van der Waals surface area contributed by atoms with Crippen LogP contribution in [-0.4, -0.2) is 12.2 Å². The van der Waals surface area contributed by atoms with Gasteiger partial charge in [0.05, 0.1) is 6.21 Å². The summed E-state index contributed by atoms with van der Waals surface area (Å²) in [5.41, 5.74) is 0. The first-order chi connectivity index (χ1) is 11.9. The second-order valence-electron chi connectivity index (χ2n) is 4.34. The number of para-hydroxylation sites is 1. The maximum atomic E-state index is 13.3. The molecule has 130 valence electrons. The first kappa shape index (κ1) is 18.1. The van der Waals surface area contributed by atoms with Gasteiger partial charge in [-0.1, -0.05) is 23.4 Å². The second-order valence-corrected chi connectivity index (χ2v) is 4.34. The summed E-state index contributed by atoms with van der Waals surface area (Å²) in [5.74, 6) is -13.9. The second kappa shape index (κ2) is 8.04. The molecule has 0 N–H and O–H groups in total. The molecule has 0 aromatic heterocycles. The topological polar surface area (TPSA) is 47.9 Å². The summed E-state index contributed by atoms with van der Waals surface area (Å²) in [6.07, 6.45) is 2.64. The van der Waals surface area contributed by atoms with Gasteiger partial charge in [-0.2, -0.15) is 8.78 Å². The summed E-state index contributed by atoms with van der Waals surface area (Å²) < 4.78 is 69.5. The lowest BCUT2D eigenvalue weighted by atomic mass is 10.2. The number of hydrogen-bond acceptors (Lipinski definition) is 4. The molecule has 0 atom stereocenters. The van der Waals surface area contributed by atoms with Gasteiger partial charge in [0, 0.05) is 6.08 Å². The van der Waals surface area contributed by atoms with Gasteiger partial charge in [0.15, 0.2) is 5.75 Å². The fraction of sp³-hybridized carbons (Fsp3) is 0. The van der Waals surface area contributed by atoms with E-state index >= 15 is 0 Å². The number of allylic oxidation sites excluding steroid dienone is 1. The largest absolute Gasteiger partial charge is 0.417 e. The van der Waals surface area contributed by atoms with Gasteiger partial charge in [0.2, 0.25) is 34.8 Å². The highest BCUT2D eigenvalue weighted by atomic mass is 19.2. The first-order valence-corrected chi connectivity index (χ1v) is 6.57. The van der Waals surface area contributed by atoms with Crippen molar-refractivity contribution in [2.24, 2.45) is 5.16 Å². The Kier molecular flexibility index (Phi) is 5.83. The Morgan fingerprint density at radius 2 is 1.44 bits per heavy atom. The molecule has 0 fully saturated rings. The Morgan fingerprint density at radius 1 is 0.880 bits per heavy atom. The number of carbonyl (C=O) groups is 1. The van der Waals surface area contributed by atoms with E-state index in [-0.39, 0.29) is 0 Å². The van der Waals surface area contributed by atoms with Crippen LogP contribution in [0, 0.1) is 29.1 Å². The highest BCUT2D eigenvalue weighted by Crippen LogP contribution is 2.29. The van der Waals surface area contributed by atoms with Crippen LogP contribution < -0.4 is 9.57 Å². The zero-order chi connectivity index (χ0) is 18.4. The van der Waals surface area contributed by atoms with Crippen LogP contribution in [0.2, 0.25) is 0 Å². The van der Waals surface area contributed by atoms with Gasteiger partial charge in [-0.15, -0.1) is 0 Å². The fourth-order valence-corrected chi connectivity index (χ4v) is 1.54. The molecule has 9 heteroatoms. The van der Waals surface area contributed by atoms with Gasteiger partial charge < -0.3 is 9.57 Å². The van der Waals surface area contributed by atoms with Crippen molar-refractivity contribution in [1.82, 2.24) is 0 Å². The lowest BCUT2D eigenvalue weighted by Crippen LogP contribution is -2.11. The molecule has 0 aliphatic rings. The lowest BCUT2D eigenvalue weighted by Gasteiger charge is -2.06. The summed E-state index contributed by atoms with van der Waals surface area (Å²) in [5, 5.41) is 3.46. The summed E-state index contributed by atoms with van der Waals surface area (Å²) in [7, 11) is 0. The molecule has 0 saturated carbocycles. The highest BCUT2D eigenvalue weighted by molar-refractivity contribution is 5.89. The minimum Gasteiger partial charge on any atom is -0.417 e. The van der Waals surface area contributed by atoms with Crippen molar-refractivity contribution in [2.45, 2.75) is 0 Å². The number of rotatable bonds is 5. The number of carbonyl (C=O) groups excluding carboxylic acids is 1. The van der Waals surface area contributed by atoms with Crippen LogP contribution in [0.25, 0.3) is 0 Å². The van der Waals surface area contributed by atoms with E-state index in [4.69, 9.17) is 4.84 Å². The van der Waals surface area contributed by atoms with Gasteiger partial charge in [0.1, 0.15) is 0 Å². The maximum Gasteiger partial charge on any atom is 0.336 e. The molecule has 2 aromatic carbocycles. The monoisotopic (exact) mass is 357 g/mol. The van der Waals surface area contributed by atoms with E-state index in [1.54, 1.807) is 30.3 Å². The predicted molar refractivity (Wildman–Crippen MR) is 76.6 cm³/mol. The van der Waals surface area contributed by atoms with Crippen LogP contribution >= 0.6 is 0 Å². The Morgan fingerprint density at radius 3 is 2.04 bits per heavy atom. The standard InChI is InChI=1S/C16H8F5NO3/c17-11-12(18)14(20)16(15(21)13(11)19)24-10(23)7-4-8-22-25-9-5-2-1-3-6-9/h1-8H/b7-4+,22-8+. The van der Waals surface area contributed by atoms with E-state index in [1.165, 1.54) is 0 Å². The van der Waals surface area contributed by atoms with Crippen LogP contribution in [0.3, 0.4) is 0 Å². The molecule has 0 saturated heterocycles. The summed E-state index contributed by atoms with van der Waals surface area (Å²) in [4.78, 5) is 16.3. The number of hydrogen-bond donors (Lipinski definition) is 0. The predicted octanol–water partition coefficient (Wildman–Crippen LogP) is 3.91. The molecule has 0 aliphatic carbocycles. The first-order valence-electron chi connectivity index (χ1n) is 6.57. The Bertz CT molecular complexity index is 808. The van der Waals surface area contributed by atoms with Crippen LogP contribution in [0.4, 0.5) is 22.0 Å². The Hall–Kier alpha value is -3.23. The van der Waals surface area contributed by atoms with Crippen LogP contribution in [0.5, 0.6) is 11.5 Å². The van der Waals surface area contributed by atoms with E-state index in [9.17, 15) is 26.7 Å². The summed E-state index contributed by atoms with van der Waals surface area (Å²) >= 11 is 0. The van der Waals surface area contributed by atoms with Gasteiger partial charge in [-0.25, -0.2) is 18.0 Å². The summed E-state index contributed by atoms with van der Waals surface area (Å²) in [6, 6.07) is 8.37. The lowest BCUT2D eigenvalue weighted by molar-refractivity contribution is -0.129. The molecule has 0 heterocycles. The van der Waals surface area contributed by atoms with E-state index in [1.807, 2.05) is 0 Å². The van der Waals surface area contributed by atoms with Crippen molar-refractivity contribution in [3.8, 4) is 11.5 Å². The molecule has 0 bridgehead atoms. The molecule has 0 spiro atoms. The van der Waals surface area contributed by atoms with E-state index < -0.39 is 40.8 Å². The molecule has 0 amide bonds. The third-order valence-electron chi connectivity index (χ3n) is 2.65. The van der Waals surface area contributed by atoms with Gasteiger partial charge in [-0.3, -0.25) is 0 Å². The van der Waals surface area contributed by atoms with Crippen molar-refractivity contribution in [3.05, 3.63) is 71.6 Å². The van der Waals surface area contributed by atoms with Crippen LogP contribution in [0.15, 0.2) is 47.6 Å². The number of oxime groups is 1. The average molecular weight is 357 g/mol. The third kappa shape index (κ3) is 4.40. The molecular weight excluding hydrogens is 349 g/mol. The van der Waals surface area contributed by atoms with E-state index in [2.05, 4.69) is 9.89 Å². The third-order valence-corrected chi connectivity index (χ3v) is 2.65. The zero-order valence-corrected chi connectivity index (χ0v) is 12.2. The Balaban J connectivity index is 2.01. The minimum atomic E-state index is -2.35. The van der Waals surface area contributed by atoms with Gasteiger partial charge in [0.25, 0.3) is 0 Å². The minimum absolute atomic E-state index is 0.413. The Labute approximate surface area is 137 Å². The number of nitrogens with zero attached hydrogens (tertiary/aromatic N) is 1. The van der Waals surface area contributed by atoms with Crippen molar-refractivity contribution in [2.75, 3.05) is 0 Å². The molecule has 4 nitrogen and oxygen atoms in total. The van der Waals surface area contributed by atoms with Crippen LogP contribution in [0.1, 0.15) is 0 Å². The zero-order valence-electron chi connectivity index (χ0n) is 12.2. The number of ether oxygens (including phenoxy) is 1. The van der Waals surface area contributed by atoms with Gasteiger partial charge in [-0.05, 0) is 18.2 Å². The SMILES string of the molecule is O=C(/C=C/C=N/Oc1ccccc1)Oc1c(F)c(F)c(F)c(F)c1F. The smallest absolute Gasteiger partial charge is 0.336 e. The van der Waals surface area contributed by atoms with E-state index in [0.717, 1.165) is 12.3 Å². The quantitative estimate of drug-likeness (QED) is 0.119. The molecular formula is C16H8F5NO3. The van der Waals surface area contributed by atoms with Crippen molar-refractivity contribution in [1.29, 1.82) is 0 Å².